The number of methoxy groups -OCH3 is 1. The van der Waals surface area contributed by atoms with Gasteiger partial charge in [-0.1, -0.05) is 25.5 Å². The van der Waals surface area contributed by atoms with Gasteiger partial charge < -0.3 is 20.5 Å². The Bertz CT molecular complexity index is 562. The number of likely N-dealkylation sites (tertiary alicyclic amines) is 1. The number of nitrogens with one attached hydrogen (secondary N) is 2. The zero-order valence-electron chi connectivity index (χ0n) is 17.5. The number of ether oxygens (including phenoxy) is 1. The molecule has 1 aromatic carbocycles. The number of aliphatic imine (C=N–C) groups is 1. The van der Waals surface area contributed by atoms with Crippen LogP contribution in [0.5, 0.6) is 5.75 Å². The van der Waals surface area contributed by atoms with E-state index in [0.29, 0.717) is 12.6 Å². The quantitative estimate of drug-likeness (QED) is 0.274. The zero-order valence-corrected chi connectivity index (χ0v) is 19.8. The van der Waals surface area contributed by atoms with E-state index in [0.717, 1.165) is 37.9 Å². The van der Waals surface area contributed by atoms with Gasteiger partial charge in [0.05, 0.1) is 13.2 Å². The Morgan fingerprint density at radius 3 is 2.43 bits per heavy atom. The van der Waals surface area contributed by atoms with Gasteiger partial charge in [0.15, 0.2) is 5.96 Å². The van der Waals surface area contributed by atoms with E-state index in [1.807, 2.05) is 19.1 Å². The maximum atomic E-state index is 9.23. The lowest BCUT2D eigenvalue weighted by Gasteiger charge is -2.35. The number of benzene rings is 1. The van der Waals surface area contributed by atoms with Gasteiger partial charge in [0.1, 0.15) is 5.75 Å². The molecule has 1 fully saturated rings. The third-order valence-electron chi connectivity index (χ3n) is 5.01. The Balaban J connectivity index is 0.00000392. The third kappa shape index (κ3) is 8.13. The first-order valence-electron chi connectivity index (χ1n) is 10.2. The van der Waals surface area contributed by atoms with Gasteiger partial charge in [0.2, 0.25) is 0 Å². The molecule has 1 aromatic rings. The van der Waals surface area contributed by atoms with Crippen LogP contribution in [0.1, 0.15) is 44.7 Å². The molecule has 3 N–H and O–H groups in total. The SMILES string of the molecule is CCNC(=NCC(C)CO)NCC(c1ccc(OC)cc1)N1CCCCC1.I. The standard InChI is InChI=1S/C21H36N4O2.HI/c1-4-22-21(23-14-17(2)16-26)24-15-20(25-12-6-5-7-13-25)18-8-10-19(27-3)11-9-18;/h8-11,17,20,26H,4-7,12-16H2,1-3H3,(H2,22,23,24);1H. The zero-order chi connectivity index (χ0) is 19.5. The molecule has 7 heteroatoms. The van der Waals surface area contributed by atoms with Crippen molar-refractivity contribution in [3.63, 3.8) is 0 Å². The van der Waals surface area contributed by atoms with Crippen molar-refractivity contribution >= 4 is 29.9 Å². The molecule has 0 aromatic heterocycles. The summed E-state index contributed by atoms with van der Waals surface area (Å²) in [5, 5.41) is 16.0. The van der Waals surface area contributed by atoms with Crippen LogP contribution in [-0.4, -0.2) is 62.4 Å². The number of guanidine groups is 1. The molecule has 0 saturated carbocycles. The highest BCUT2D eigenvalue weighted by molar-refractivity contribution is 14.0. The fourth-order valence-electron chi connectivity index (χ4n) is 3.35. The summed E-state index contributed by atoms with van der Waals surface area (Å²) in [4.78, 5) is 7.19. The lowest BCUT2D eigenvalue weighted by atomic mass is 10.0. The highest BCUT2D eigenvalue weighted by atomic mass is 127. The lowest BCUT2D eigenvalue weighted by molar-refractivity contribution is 0.164. The Hall–Kier alpha value is -1.06. The predicted octanol–water partition coefficient (Wildman–Crippen LogP) is 3.02. The largest absolute Gasteiger partial charge is 0.497 e. The van der Waals surface area contributed by atoms with Gasteiger partial charge in [-0.05, 0) is 56.5 Å². The van der Waals surface area contributed by atoms with E-state index < -0.39 is 0 Å². The van der Waals surface area contributed by atoms with Gasteiger partial charge in [-0.25, -0.2) is 0 Å². The average Bonchev–Trinajstić information content (AvgIpc) is 2.73. The lowest BCUT2D eigenvalue weighted by Crippen LogP contribution is -2.44. The molecule has 2 atom stereocenters. The van der Waals surface area contributed by atoms with Crippen LogP contribution in [-0.2, 0) is 0 Å². The minimum Gasteiger partial charge on any atom is -0.497 e. The fraction of sp³-hybridized carbons (Fsp3) is 0.667. The molecule has 160 valence electrons. The van der Waals surface area contributed by atoms with Gasteiger partial charge in [-0.3, -0.25) is 9.89 Å². The highest BCUT2D eigenvalue weighted by Crippen LogP contribution is 2.25. The molecule has 2 rings (SSSR count). The second-order valence-electron chi connectivity index (χ2n) is 7.27. The molecule has 1 heterocycles. The molecular formula is C21H37IN4O2. The molecule has 6 nitrogen and oxygen atoms in total. The molecule has 0 bridgehead atoms. The van der Waals surface area contributed by atoms with Crippen LogP contribution in [0.25, 0.3) is 0 Å². The Labute approximate surface area is 187 Å². The van der Waals surface area contributed by atoms with Gasteiger partial charge in [0, 0.05) is 26.2 Å². The maximum absolute atomic E-state index is 9.23. The highest BCUT2D eigenvalue weighted by Gasteiger charge is 2.22. The summed E-state index contributed by atoms with van der Waals surface area (Å²) in [5.41, 5.74) is 1.30. The molecule has 1 aliphatic heterocycles. The minimum atomic E-state index is 0. The van der Waals surface area contributed by atoms with E-state index >= 15 is 0 Å². The molecule has 1 saturated heterocycles. The van der Waals surface area contributed by atoms with Crippen LogP contribution < -0.4 is 15.4 Å². The number of rotatable bonds is 9. The number of hydrogen-bond donors (Lipinski definition) is 3. The number of aliphatic hydroxyl groups excluding tert-OH is 1. The van der Waals surface area contributed by atoms with Crippen molar-refractivity contribution in [1.29, 1.82) is 0 Å². The minimum absolute atomic E-state index is 0. The van der Waals surface area contributed by atoms with Gasteiger partial charge in [-0.2, -0.15) is 0 Å². The predicted molar refractivity (Wildman–Crippen MR) is 127 cm³/mol. The Morgan fingerprint density at radius 2 is 1.86 bits per heavy atom. The average molecular weight is 504 g/mol. The molecule has 0 amide bonds. The number of hydrogen-bond acceptors (Lipinski definition) is 4. The monoisotopic (exact) mass is 504 g/mol. The molecule has 28 heavy (non-hydrogen) atoms. The van der Waals surface area contributed by atoms with Gasteiger partial charge in [0.25, 0.3) is 0 Å². The normalized spacial score (nSPS) is 17.4. The van der Waals surface area contributed by atoms with E-state index in [1.54, 1.807) is 7.11 Å². The summed E-state index contributed by atoms with van der Waals surface area (Å²) in [7, 11) is 1.70. The van der Waals surface area contributed by atoms with E-state index in [4.69, 9.17) is 4.74 Å². The number of aliphatic hydroxyl groups is 1. The summed E-state index contributed by atoms with van der Waals surface area (Å²) >= 11 is 0. The summed E-state index contributed by atoms with van der Waals surface area (Å²) in [6.07, 6.45) is 3.84. The summed E-state index contributed by atoms with van der Waals surface area (Å²) < 4.78 is 5.31. The van der Waals surface area contributed by atoms with Crippen molar-refractivity contribution in [2.75, 3.05) is 46.4 Å². The molecule has 0 aliphatic carbocycles. The van der Waals surface area contributed by atoms with E-state index in [2.05, 4.69) is 39.6 Å². The first kappa shape index (κ1) is 25.0. The smallest absolute Gasteiger partial charge is 0.191 e. The maximum Gasteiger partial charge on any atom is 0.191 e. The van der Waals surface area contributed by atoms with Crippen LogP contribution in [0, 0.1) is 5.92 Å². The second-order valence-corrected chi connectivity index (χ2v) is 7.27. The third-order valence-corrected chi connectivity index (χ3v) is 5.01. The Morgan fingerprint density at radius 1 is 1.18 bits per heavy atom. The number of piperidine rings is 1. The van der Waals surface area contributed by atoms with Crippen LogP contribution in [0.2, 0.25) is 0 Å². The van der Waals surface area contributed by atoms with Crippen molar-refractivity contribution in [2.24, 2.45) is 10.9 Å². The number of nitrogens with zero attached hydrogens (tertiary/aromatic N) is 2. The molecule has 1 aliphatic rings. The summed E-state index contributed by atoms with van der Waals surface area (Å²) in [6.45, 7) is 8.72. The second kappa shape index (κ2) is 14.0. The van der Waals surface area contributed by atoms with Crippen molar-refractivity contribution in [3.05, 3.63) is 29.8 Å². The summed E-state index contributed by atoms with van der Waals surface area (Å²) in [6, 6.07) is 8.70. The van der Waals surface area contributed by atoms with E-state index in [-0.39, 0.29) is 36.5 Å². The van der Waals surface area contributed by atoms with Gasteiger partial charge in [-0.15, -0.1) is 24.0 Å². The van der Waals surface area contributed by atoms with Crippen LogP contribution in [0.4, 0.5) is 0 Å². The topological polar surface area (TPSA) is 69.1 Å². The first-order chi connectivity index (χ1) is 13.2. The first-order valence-corrected chi connectivity index (χ1v) is 10.2. The molecule has 0 spiro atoms. The number of halogens is 1. The molecule has 2 unspecified atom stereocenters. The fourth-order valence-corrected chi connectivity index (χ4v) is 3.35. The van der Waals surface area contributed by atoms with Crippen LogP contribution in [0.3, 0.4) is 0 Å². The van der Waals surface area contributed by atoms with Crippen molar-refractivity contribution < 1.29 is 9.84 Å². The van der Waals surface area contributed by atoms with E-state index in [1.165, 1.54) is 24.8 Å². The molecular weight excluding hydrogens is 467 g/mol. The van der Waals surface area contributed by atoms with E-state index in [9.17, 15) is 5.11 Å². The van der Waals surface area contributed by atoms with Crippen LogP contribution in [0.15, 0.2) is 29.3 Å². The Kier molecular flexibility index (Phi) is 12.5. The van der Waals surface area contributed by atoms with Crippen LogP contribution >= 0.6 is 24.0 Å². The molecule has 0 radical (unpaired) electrons. The summed E-state index contributed by atoms with van der Waals surface area (Å²) in [5.74, 6) is 1.87. The van der Waals surface area contributed by atoms with Gasteiger partial charge >= 0.3 is 0 Å². The van der Waals surface area contributed by atoms with Crippen molar-refractivity contribution in [2.45, 2.75) is 39.2 Å². The van der Waals surface area contributed by atoms with Crippen molar-refractivity contribution in [1.82, 2.24) is 15.5 Å². The van der Waals surface area contributed by atoms with Crippen molar-refractivity contribution in [3.8, 4) is 5.75 Å².